The predicted molar refractivity (Wildman–Crippen MR) is 88.9 cm³/mol. The third-order valence-electron chi connectivity index (χ3n) is 4.02. The van der Waals surface area contributed by atoms with Gasteiger partial charge in [-0.1, -0.05) is 12.1 Å². The Labute approximate surface area is 141 Å². The highest BCUT2D eigenvalue weighted by molar-refractivity contribution is 5.70. The topological polar surface area (TPSA) is 47.4 Å². The van der Waals surface area contributed by atoms with Gasteiger partial charge in [-0.2, -0.15) is 5.10 Å². The highest BCUT2D eigenvalue weighted by Crippen LogP contribution is 2.29. The molecule has 2 aromatic rings. The number of halogens is 1. The molecule has 1 amide bonds. The lowest BCUT2D eigenvalue weighted by Gasteiger charge is -2.35. The zero-order valence-corrected chi connectivity index (χ0v) is 14.4. The average molecular weight is 331 g/mol. The normalized spacial score (nSPS) is 17.5. The minimum absolute atomic E-state index is 0.00619. The van der Waals surface area contributed by atoms with Gasteiger partial charge >= 0.3 is 6.09 Å². The lowest BCUT2D eigenvalue weighted by molar-refractivity contribution is 0.00913. The van der Waals surface area contributed by atoms with Crippen molar-refractivity contribution in [2.75, 3.05) is 0 Å². The highest BCUT2D eigenvalue weighted by Gasteiger charge is 2.32. The first-order valence-electron chi connectivity index (χ1n) is 8.05. The van der Waals surface area contributed by atoms with Crippen LogP contribution in [0.15, 0.2) is 30.5 Å². The van der Waals surface area contributed by atoms with Gasteiger partial charge in [0, 0.05) is 5.56 Å². The third-order valence-corrected chi connectivity index (χ3v) is 4.02. The maximum Gasteiger partial charge on any atom is 0.410 e. The minimum Gasteiger partial charge on any atom is -0.444 e. The van der Waals surface area contributed by atoms with Crippen LogP contribution in [0.25, 0.3) is 11.1 Å². The van der Waals surface area contributed by atoms with E-state index in [1.807, 2.05) is 32.4 Å². The molecule has 0 aliphatic carbocycles. The number of carbonyl (C=O) groups is 1. The molecule has 1 aliphatic heterocycles. The van der Waals surface area contributed by atoms with Gasteiger partial charge in [0.25, 0.3) is 0 Å². The number of carbonyl (C=O) groups excluding carboxylic acids is 1. The molecular weight excluding hydrogens is 309 g/mol. The van der Waals surface area contributed by atoms with Crippen molar-refractivity contribution in [3.8, 4) is 11.1 Å². The number of hydrogen-bond acceptors (Lipinski definition) is 3. The molecule has 128 valence electrons. The summed E-state index contributed by atoms with van der Waals surface area (Å²) in [5, 5.41) is 4.42. The fourth-order valence-corrected chi connectivity index (χ4v) is 2.84. The zero-order valence-electron chi connectivity index (χ0n) is 14.4. The van der Waals surface area contributed by atoms with Crippen LogP contribution in [0.5, 0.6) is 0 Å². The van der Waals surface area contributed by atoms with Gasteiger partial charge < -0.3 is 4.74 Å². The lowest BCUT2D eigenvalue weighted by atomic mass is 10.0. The van der Waals surface area contributed by atoms with E-state index >= 15 is 0 Å². The molecule has 0 saturated carbocycles. The smallest absolute Gasteiger partial charge is 0.410 e. The fraction of sp³-hybridized carbons (Fsp3) is 0.444. The molecule has 1 aliphatic rings. The van der Waals surface area contributed by atoms with Gasteiger partial charge in [0.15, 0.2) is 0 Å². The first kappa shape index (κ1) is 16.5. The summed E-state index contributed by atoms with van der Waals surface area (Å²) < 4.78 is 20.6. The number of ether oxygens (including phenoxy) is 1. The quantitative estimate of drug-likeness (QED) is 0.798. The van der Waals surface area contributed by atoms with Crippen molar-refractivity contribution in [3.05, 3.63) is 42.0 Å². The van der Waals surface area contributed by atoms with E-state index in [0.717, 1.165) is 16.8 Å². The van der Waals surface area contributed by atoms with Crippen molar-refractivity contribution in [3.63, 3.8) is 0 Å². The molecule has 1 atom stereocenters. The molecule has 3 rings (SSSR count). The second kappa shape index (κ2) is 5.92. The molecule has 0 spiro atoms. The zero-order chi connectivity index (χ0) is 17.5. The molecular formula is C18H22FN3O2. The standard InChI is InChI=1S/C18H22FN3O2/c1-12-10-22-16(11-21(12)17(23)24-18(2,3)4)15(9-20-22)13-5-7-14(19)8-6-13/h5-9,12H,10-11H2,1-4H3/t12-/m0/s1. The number of hydrogen-bond donors (Lipinski definition) is 0. The van der Waals surface area contributed by atoms with Gasteiger partial charge in [0.2, 0.25) is 0 Å². The Kier molecular flexibility index (Phi) is 4.07. The van der Waals surface area contributed by atoms with Crippen molar-refractivity contribution in [2.45, 2.75) is 52.4 Å². The van der Waals surface area contributed by atoms with Crippen LogP contribution in [0.3, 0.4) is 0 Å². The van der Waals surface area contributed by atoms with Crippen molar-refractivity contribution in [1.82, 2.24) is 14.7 Å². The second-order valence-corrected chi connectivity index (χ2v) is 7.15. The van der Waals surface area contributed by atoms with E-state index in [0.29, 0.717) is 13.1 Å². The van der Waals surface area contributed by atoms with Gasteiger partial charge in [-0.25, -0.2) is 9.18 Å². The molecule has 0 saturated heterocycles. The van der Waals surface area contributed by atoms with Crippen molar-refractivity contribution >= 4 is 6.09 Å². The average Bonchev–Trinajstić information content (AvgIpc) is 2.88. The van der Waals surface area contributed by atoms with Crippen LogP contribution in [-0.4, -0.2) is 32.4 Å². The number of benzene rings is 1. The molecule has 1 aromatic heterocycles. The van der Waals surface area contributed by atoms with Crippen LogP contribution in [0, 0.1) is 5.82 Å². The van der Waals surface area contributed by atoms with Crippen molar-refractivity contribution < 1.29 is 13.9 Å². The highest BCUT2D eigenvalue weighted by atomic mass is 19.1. The Bertz CT molecular complexity index is 747. The molecule has 5 nitrogen and oxygen atoms in total. The third kappa shape index (κ3) is 3.27. The van der Waals surface area contributed by atoms with Gasteiger partial charge in [0.05, 0.1) is 31.0 Å². The summed E-state index contributed by atoms with van der Waals surface area (Å²) in [7, 11) is 0. The summed E-state index contributed by atoms with van der Waals surface area (Å²) in [5.74, 6) is -0.274. The first-order valence-corrected chi connectivity index (χ1v) is 8.05. The van der Waals surface area contributed by atoms with Crippen LogP contribution < -0.4 is 0 Å². The minimum atomic E-state index is -0.533. The fourth-order valence-electron chi connectivity index (χ4n) is 2.84. The van der Waals surface area contributed by atoms with Gasteiger partial charge in [0.1, 0.15) is 11.4 Å². The van der Waals surface area contributed by atoms with Crippen LogP contribution in [0.2, 0.25) is 0 Å². The second-order valence-electron chi connectivity index (χ2n) is 7.15. The first-order chi connectivity index (χ1) is 11.2. The molecule has 0 radical (unpaired) electrons. The van der Waals surface area contributed by atoms with Crippen molar-refractivity contribution in [1.29, 1.82) is 0 Å². The molecule has 0 bridgehead atoms. The number of nitrogens with zero attached hydrogens (tertiary/aromatic N) is 3. The van der Waals surface area contributed by atoms with E-state index in [9.17, 15) is 9.18 Å². The van der Waals surface area contributed by atoms with E-state index in [2.05, 4.69) is 5.10 Å². The van der Waals surface area contributed by atoms with E-state index in [1.54, 1.807) is 23.2 Å². The number of fused-ring (bicyclic) bond motifs is 1. The van der Waals surface area contributed by atoms with Crippen LogP contribution in [-0.2, 0) is 17.8 Å². The summed E-state index contributed by atoms with van der Waals surface area (Å²) in [6, 6.07) is 6.30. The summed E-state index contributed by atoms with van der Waals surface area (Å²) >= 11 is 0. The molecule has 0 N–H and O–H groups in total. The van der Waals surface area contributed by atoms with Gasteiger partial charge in [-0.3, -0.25) is 9.58 Å². The summed E-state index contributed by atoms with van der Waals surface area (Å²) in [6.07, 6.45) is 1.45. The Morgan fingerprint density at radius 2 is 1.96 bits per heavy atom. The maximum absolute atomic E-state index is 13.2. The predicted octanol–water partition coefficient (Wildman–Crippen LogP) is 3.83. The van der Waals surface area contributed by atoms with E-state index in [-0.39, 0.29) is 18.0 Å². The Morgan fingerprint density at radius 3 is 2.58 bits per heavy atom. The molecule has 0 unspecified atom stereocenters. The number of amides is 1. The van der Waals surface area contributed by atoms with Crippen LogP contribution >= 0.6 is 0 Å². The van der Waals surface area contributed by atoms with Crippen LogP contribution in [0.4, 0.5) is 9.18 Å². The largest absolute Gasteiger partial charge is 0.444 e. The van der Waals surface area contributed by atoms with Crippen molar-refractivity contribution in [2.24, 2.45) is 0 Å². The van der Waals surface area contributed by atoms with Gasteiger partial charge in [-0.05, 0) is 45.4 Å². The van der Waals surface area contributed by atoms with E-state index in [4.69, 9.17) is 4.74 Å². The molecule has 0 fully saturated rings. The molecule has 6 heteroatoms. The maximum atomic E-state index is 13.2. The SMILES string of the molecule is C[C@H]1Cn2ncc(-c3ccc(F)cc3)c2CN1C(=O)OC(C)(C)C. The van der Waals surface area contributed by atoms with E-state index < -0.39 is 5.60 Å². The molecule has 1 aromatic carbocycles. The molecule has 24 heavy (non-hydrogen) atoms. The summed E-state index contributed by atoms with van der Waals surface area (Å²) in [6.45, 7) is 8.57. The monoisotopic (exact) mass is 331 g/mol. The Balaban J connectivity index is 1.89. The van der Waals surface area contributed by atoms with Gasteiger partial charge in [-0.15, -0.1) is 0 Å². The van der Waals surface area contributed by atoms with E-state index in [1.165, 1.54) is 12.1 Å². The Morgan fingerprint density at radius 1 is 1.29 bits per heavy atom. The number of aromatic nitrogens is 2. The molecule has 2 heterocycles. The lowest BCUT2D eigenvalue weighted by Crippen LogP contribution is -2.47. The summed E-state index contributed by atoms with van der Waals surface area (Å²) in [4.78, 5) is 14.2. The van der Waals surface area contributed by atoms with Crippen LogP contribution in [0.1, 0.15) is 33.4 Å². The Hall–Kier alpha value is -2.37. The number of rotatable bonds is 1. The summed E-state index contributed by atoms with van der Waals surface area (Å²) in [5.41, 5.74) is 2.20.